The molecule has 0 fully saturated rings. The third kappa shape index (κ3) is 4.04. The van der Waals surface area contributed by atoms with Gasteiger partial charge in [0.15, 0.2) is 5.88 Å². The molecule has 4 aromatic carbocycles. The smallest absolute Gasteiger partial charge is 0.198 e. The Morgan fingerprint density at radius 2 is 1.53 bits per heavy atom. The maximum Gasteiger partial charge on any atom is 0.198 e. The van der Waals surface area contributed by atoms with Gasteiger partial charge < -0.3 is 9.73 Å². The largest absolute Gasteiger partial charge is 0.440 e. The molecule has 1 heterocycles. The Bertz CT molecular complexity index is 1610. The first-order chi connectivity index (χ1) is 17.5. The van der Waals surface area contributed by atoms with Crippen LogP contribution in [0.4, 0.5) is 11.6 Å². The van der Waals surface area contributed by atoms with E-state index in [4.69, 9.17) is 11.3 Å². The molecule has 1 N–H and O–H groups in total. The van der Waals surface area contributed by atoms with Gasteiger partial charge in [0.2, 0.25) is 0 Å². The van der Waals surface area contributed by atoms with Crippen LogP contribution < -0.4 is 5.32 Å². The Hall–Kier alpha value is -3.78. The van der Waals surface area contributed by atoms with Gasteiger partial charge in [0, 0.05) is 22.7 Å². The van der Waals surface area contributed by atoms with Gasteiger partial charge in [-0.3, -0.25) is 0 Å². The fourth-order valence-corrected chi connectivity index (χ4v) is 3.75. The Balaban J connectivity index is 1.56. The molecule has 0 amide bonds. The number of fused-ring (bicyclic) bond motifs is 1. The third-order valence-electron chi connectivity index (χ3n) is 5.54. The van der Waals surface area contributed by atoms with Crippen molar-refractivity contribution in [1.82, 2.24) is 0 Å². The zero-order valence-electron chi connectivity index (χ0n) is 23.3. The lowest BCUT2D eigenvalue weighted by Gasteiger charge is -2.21. The highest BCUT2D eigenvalue weighted by molar-refractivity contribution is 5.88. The van der Waals surface area contributed by atoms with E-state index in [2.05, 4.69) is 56.4 Å². The predicted molar refractivity (Wildman–Crippen MR) is 136 cm³/mol. The molecule has 2 nitrogen and oxygen atoms in total. The second-order valence-corrected chi connectivity index (χ2v) is 8.86. The highest BCUT2D eigenvalue weighted by atomic mass is 16.3. The molecule has 0 spiro atoms. The minimum absolute atomic E-state index is 0.00121. The first-order valence-corrected chi connectivity index (χ1v) is 10.6. The predicted octanol–water partition coefficient (Wildman–Crippen LogP) is 8.81. The lowest BCUT2D eigenvalue weighted by molar-refractivity contribution is 0.590. The Labute approximate surface area is 196 Å². The van der Waals surface area contributed by atoms with Gasteiger partial charge in [-0.15, -0.1) is 0 Å². The molecule has 5 aromatic rings. The average molecular weight is 423 g/mol. The number of furan rings is 1. The number of anilines is 2. The fourth-order valence-electron chi connectivity index (χ4n) is 3.75. The highest BCUT2D eigenvalue weighted by Crippen LogP contribution is 2.36. The summed E-state index contributed by atoms with van der Waals surface area (Å²) < 4.78 is 46.5. The first kappa shape index (κ1) is 15.1. The van der Waals surface area contributed by atoms with E-state index in [9.17, 15) is 0 Å². The molecule has 0 aliphatic rings. The summed E-state index contributed by atoms with van der Waals surface area (Å²) in [6.07, 6.45) is 0. The maximum absolute atomic E-state index is 8.29. The molecule has 0 saturated heterocycles. The Morgan fingerprint density at radius 3 is 2.28 bits per heavy atom. The molecule has 0 radical (unpaired) electrons. The quantitative estimate of drug-likeness (QED) is 0.313. The van der Waals surface area contributed by atoms with E-state index in [0.717, 1.165) is 22.2 Å². The van der Waals surface area contributed by atoms with Gasteiger partial charge in [-0.05, 0) is 45.9 Å². The molecule has 0 bridgehead atoms. The van der Waals surface area contributed by atoms with Crippen molar-refractivity contribution < 1.29 is 11.3 Å². The minimum Gasteiger partial charge on any atom is -0.440 e. The van der Waals surface area contributed by atoms with Crippen LogP contribution in [0.5, 0.6) is 0 Å². The molecular weight excluding hydrogens is 390 g/mol. The van der Waals surface area contributed by atoms with Crippen LogP contribution >= 0.6 is 0 Å². The van der Waals surface area contributed by atoms with Crippen LogP contribution in [-0.2, 0) is 5.41 Å². The number of hydrogen-bond acceptors (Lipinski definition) is 2. The van der Waals surface area contributed by atoms with Crippen molar-refractivity contribution in [1.29, 1.82) is 0 Å². The molecule has 0 atom stereocenters. The van der Waals surface area contributed by atoms with E-state index >= 15 is 0 Å². The summed E-state index contributed by atoms with van der Waals surface area (Å²) in [4.78, 5) is 0. The Morgan fingerprint density at radius 1 is 0.750 bits per heavy atom. The van der Waals surface area contributed by atoms with Gasteiger partial charge in [0.05, 0.1) is 6.85 Å². The summed E-state index contributed by atoms with van der Waals surface area (Å²) in [6.45, 7) is 6.57. The van der Waals surface area contributed by atoms with Crippen molar-refractivity contribution in [3.63, 3.8) is 0 Å². The van der Waals surface area contributed by atoms with Gasteiger partial charge in [-0.1, -0.05) is 99.5 Å². The zero-order chi connectivity index (χ0) is 26.5. The lowest BCUT2D eigenvalue weighted by atomic mass is 9.85. The van der Waals surface area contributed by atoms with Crippen LogP contribution in [0.15, 0.2) is 107 Å². The summed E-state index contributed by atoms with van der Waals surface area (Å²) in [5.41, 5.74) is 5.51. The van der Waals surface area contributed by atoms with Crippen LogP contribution in [0, 0.1) is 0 Å². The van der Waals surface area contributed by atoms with E-state index < -0.39 is 6.04 Å². The molecule has 0 saturated carbocycles. The summed E-state index contributed by atoms with van der Waals surface area (Å²) >= 11 is 0. The monoisotopic (exact) mass is 422 g/mol. The SMILES string of the molecule is [2H]c1c([2H])c([2H])c(-c2ccc3cc(Nc4ccc(C(C)(C)C)cc4-c4ccccc4)oc3c2)c([2H])c1[2H]. The molecule has 2 heteroatoms. The van der Waals surface area contributed by atoms with E-state index in [1.54, 1.807) is 12.1 Å². The number of hydrogen-bond donors (Lipinski definition) is 1. The topological polar surface area (TPSA) is 25.2 Å². The highest BCUT2D eigenvalue weighted by Gasteiger charge is 2.17. The molecule has 0 aliphatic heterocycles. The zero-order valence-corrected chi connectivity index (χ0v) is 18.3. The lowest BCUT2D eigenvalue weighted by Crippen LogP contribution is -2.11. The summed E-state index contributed by atoms with van der Waals surface area (Å²) in [7, 11) is 0. The van der Waals surface area contributed by atoms with E-state index in [1.165, 1.54) is 5.56 Å². The van der Waals surface area contributed by atoms with Crippen LogP contribution in [0.2, 0.25) is 0 Å². The van der Waals surface area contributed by atoms with Crippen molar-refractivity contribution in [2.24, 2.45) is 0 Å². The molecule has 0 aliphatic carbocycles. The van der Waals surface area contributed by atoms with Gasteiger partial charge in [0.25, 0.3) is 0 Å². The van der Waals surface area contributed by atoms with Crippen LogP contribution in [0.1, 0.15) is 33.2 Å². The standard InChI is InChI=1S/C30H27NO/c1-30(2,3)25-16-17-27(26(20-25)22-12-8-5-9-13-22)31-29-19-24-15-14-23(18-28(24)32-29)21-10-6-4-7-11-21/h4-20,31H,1-3H3/i4D,6D,7D,10D,11D. The van der Waals surface area contributed by atoms with E-state index in [-0.39, 0.29) is 35.1 Å². The normalized spacial score (nSPS) is 13.8. The van der Waals surface area contributed by atoms with Crippen LogP contribution in [-0.4, -0.2) is 0 Å². The molecule has 1 aromatic heterocycles. The summed E-state index contributed by atoms with van der Waals surface area (Å²) in [5.74, 6) is 0.550. The van der Waals surface area contributed by atoms with Crippen molar-refractivity contribution in [2.75, 3.05) is 5.32 Å². The van der Waals surface area contributed by atoms with E-state index in [0.29, 0.717) is 17.0 Å². The van der Waals surface area contributed by atoms with Crippen molar-refractivity contribution in [3.8, 4) is 22.3 Å². The molecule has 158 valence electrons. The molecule has 32 heavy (non-hydrogen) atoms. The summed E-state index contributed by atoms with van der Waals surface area (Å²) in [6, 6.07) is 22.2. The fraction of sp³-hybridized carbons (Fsp3) is 0.133. The van der Waals surface area contributed by atoms with Gasteiger partial charge in [-0.25, -0.2) is 0 Å². The van der Waals surface area contributed by atoms with Gasteiger partial charge in [-0.2, -0.15) is 0 Å². The van der Waals surface area contributed by atoms with Crippen molar-refractivity contribution in [3.05, 3.63) is 109 Å². The second kappa shape index (κ2) is 8.05. The van der Waals surface area contributed by atoms with E-state index in [1.807, 2.05) is 30.3 Å². The van der Waals surface area contributed by atoms with Crippen molar-refractivity contribution >= 4 is 22.5 Å². The Kier molecular flexibility index (Phi) is 3.80. The third-order valence-corrected chi connectivity index (χ3v) is 5.54. The second-order valence-electron chi connectivity index (χ2n) is 8.86. The molecule has 5 rings (SSSR count). The van der Waals surface area contributed by atoms with Crippen molar-refractivity contribution in [2.45, 2.75) is 26.2 Å². The average Bonchev–Trinajstić information content (AvgIpc) is 3.28. The summed E-state index contributed by atoms with van der Waals surface area (Å²) in [5, 5.41) is 4.26. The number of rotatable bonds is 4. The maximum atomic E-state index is 8.29. The molecule has 0 unspecified atom stereocenters. The van der Waals surface area contributed by atoms with Gasteiger partial charge >= 0.3 is 0 Å². The van der Waals surface area contributed by atoms with Crippen LogP contribution in [0.25, 0.3) is 33.2 Å². The number of nitrogens with one attached hydrogen (secondary N) is 1. The first-order valence-electron chi connectivity index (χ1n) is 13.1. The number of benzene rings is 4. The minimum atomic E-state index is -0.406. The van der Waals surface area contributed by atoms with Gasteiger partial charge in [0.1, 0.15) is 5.58 Å². The van der Waals surface area contributed by atoms with Crippen LogP contribution in [0.3, 0.4) is 0 Å². The molecular formula is C30H27NO.